The summed E-state index contributed by atoms with van der Waals surface area (Å²) in [5.74, 6) is 0.951. The van der Waals surface area contributed by atoms with Crippen LogP contribution < -0.4 is 0 Å². The first-order valence-electron chi connectivity index (χ1n) is 4.91. The molecular formula is C13H13IrN2-. The molecule has 1 aromatic carbocycles. The molecule has 3 heteroatoms. The molecular weight excluding hydrogens is 376 g/mol. The Morgan fingerprint density at radius 1 is 1.50 bits per heavy atom. The summed E-state index contributed by atoms with van der Waals surface area (Å²) < 4.78 is 2.02. The second-order valence-electron chi connectivity index (χ2n) is 3.44. The van der Waals surface area contributed by atoms with Crippen LogP contribution in [0.3, 0.4) is 0 Å². The third-order valence-corrected chi connectivity index (χ3v) is 2.23. The minimum atomic E-state index is 0. The normalized spacial score (nSPS) is 9.56. The van der Waals surface area contributed by atoms with E-state index in [-0.39, 0.29) is 20.1 Å². The summed E-state index contributed by atoms with van der Waals surface area (Å²) in [5.41, 5.74) is 2.06. The quantitative estimate of drug-likeness (QED) is 0.583. The van der Waals surface area contributed by atoms with Gasteiger partial charge in [-0.3, -0.25) is 4.98 Å². The van der Waals surface area contributed by atoms with Crippen LogP contribution in [0.4, 0.5) is 0 Å². The van der Waals surface area contributed by atoms with E-state index in [0.717, 1.165) is 23.5 Å². The largest absolute Gasteiger partial charge is 0.373 e. The summed E-state index contributed by atoms with van der Waals surface area (Å²) in [6.45, 7) is 3.71. The molecule has 0 N–H and O–H groups in total. The fourth-order valence-electron chi connectivity index (χ4n) is 1.56. The number of hydrogen-bond acceptors (Lipinski definition) is 1. The number of imidazole rings is 1. The molecule has 0 fully saturated rings. The molecule has 1 radical (unpaired) electrons. The Morgan fingerprint density at radius 2 is 2.31 bits per heavy atom. The Kier molecular flexibility index (Phi) is 4.66. The topological polar surface area (TPSA) is 17.8 Å². The molecule has 0 bridgehead atoms. The van der Waals surface area contributed by atoms with Crippen molar-refractivity contribution >= 4 is 0 Å². The second-order valence-corrected chi connectivity index (χ2v) is 3.44. The van der Waals surface area contributed by atoms with Crippen LogP contribution in [0.25, 0.3) is 11.4 Å². The monoisotopic (exact) mass is 390 g/mol. The van der Waals surface area contributed by atoms with Gasteiger partial charge in [-0.15, -0.1) is 42.5 Å². The van der Waals surface area contributed by atoms with Gasteiger partial charge in [0, 0.05) is 39.8 Å². The fraction of sp³-hybridized carbons (Fsp3) is 0.154. The summed E-state index contributed by atoms with van der Waals surface area (Å²) in [7, 11) is 2.00. The van der Waals surface area contributed by atoms with Crippen LogP contribution in [0.5, 0.6) is 0 Å². The molecule has 0 aliphatic heterocycles. The molecule has 2 aromatic rings. The van der Waals surface area contributed by atoms with Gasteiger partial charge < -0.3 is 4.57 Å². The number of aryl methyl sites for hydroxylation is 1. The first-order valence-corrected chi connectivity index (χ1v) is 4.91. The first kappa shape index (κ1) is 12.9. The van der Waals surface area contributed by atoms with Gasteiger partial charge in [-0.25, -0.2) is 0 Å². The van der Waals surface area contributed by atoms with Gasteiger partial charge in [0.2, 0.25) is 0 Å². The molecule has 16 heavy (non-hydrogen) atoms. The van der Waals surface area contributed by atoms with Gasteiger partial charge >= 0.3 is 0 Å². The zero-order valence-electron chi connectivity index (χ0n) is 9.11. The molecule has 0 aliphatic carbocycles. The molecule has 1 aromatic heterocycles. The molecule has 1 heterocycles. The van der Waals surface area contributed by atoms with Crippen LogP contribution in [0.1, 0.15) is 5.69 Å². The van der Waals surface area contributed by atoms with Crippen molar-refractivity contribution in [2.45, 2.75) is 6.42 Å². The number of hydrogen-bond donors (Lipinski definition) is 0. The van der Waals surface area contributed by atoms with E-state index in [9.17, 15) is 0 Å². The van der Waals surface area contributed by atoms with Gasteiger partial charge in [0.15, 0.2) is 0 Å². The SMILES string of the molecule is C=CCc1cn(C)c(-c2[c-]cccc2)n1.[Ir]. The summed E-state index contributed by atoms with van der Waals surface area (Å²) in [6.07, 6.45) is 4.69. The fourth-order valence-corrected chi connectivity index (χ4v) is 1.56. The molecule has 85 valence electrons. The molecule has 0 amide bonds. The van der Waals surface area contributed by atoms with Crippen LogP contribution in [0.15, 0.2) is 43.1 Å². The van der Waals surface area contributed by atoms with E-state index < -0.39 is 0 Å². The van der Waals surface area contributed by atoms with E-state index in [0.29, 0.717) is 0 Å². The van der Waals surface area contributed by atoms with Crippen molar-refractivity contribution in [2.24, 2.45) is 7.05 Å². The maximum absolute atomic E-state index is 4.53. The zero-order valence-corrected chi connectivity index (χ0v) is 11.5. The van der Waals surface area contributed by atoms with Gasteiger partial charge in [0.1, 0.15) is 0 Å². The summed E-state index contributed by atoms with van der Waals surface area (Å²) in [6, 6.07) is 11.0. The zero-order chi connectivity index (χ0) is 10.7. The first-order chi connectivity index (χ1) is 7.31. The van der Waals surface area contributed by atoms with Crippen LogP contribution in [-0.2, 0) is 33.6 Å². The number of benzene rings is 1. The van der Waals surface area contributed by atoms with Gasteiger partial charge in [-0.1, -0.05) is 6.08 Å². The number of allylic oxidation sites excluding steroid dienone is 1. The van der Waals surface area contributed by atoms with E-state index >= 15 is 0 Å². The molecule has 0 aliphatic rings. The van der Waals surface area contributed by atoms with E-state index in [1.807, 2.05) is 48.2 Å². The third-order valence-electron chi connectivity index (χ3n) is 2.23. The van der Waals surface area contributed by atoms with Gasteiger partial charge in [0.05, 0.1) is 11.5 Å². The van der Waals surface area contributed by atoms with E-state index in [4.69, 9.17) is 0 Å². The van der Waals surface area contributed by atoms with Crippen molar-refractivity contribution in [3.8, 4) is 11.4 Å². The van der Waals surface area contributed by atoms with Crippen LogP contribution in [0, 0.1) is 6.07 Å². The van der Waals surface area contributed by atoms with Crippen molar-refractivity contribution in [1.29, 1.82) is 0 Å². The molecule has 0 unspecified atom stereocenters. The second kappa shape index (κ2) is 5.78. The average molecular weight is 389 g/mol. The van der Waals surface area contributed by atoms with Crippen molar-refractivity contribution < 1.29 is 20.1 Å². The van der Waals surface area contributed by atoms with Crippen molar-refractivity contribution in [1.82, 2.24) is 9.55 Å². The molecule has 0 spiro atoms. The van der Waals surface area contributed by atoms with E-state index in [1.54, 1.807) is 0 Å². The Labute approximate surface area is 109 Å². The summed E-state index contributed by atoms with van der Waals surface area (Å²) >= 11 is 0. The maximum atomic E-state index is 4.53. The summed E-state index contributed by atoms with van der Waals surface area (Å²) in [4.78, 5) is 4.53. The van der Waals surface area contributed by atoms with Crippen LogP contribution in [0.2, 0.25) is 0 Å². The van der Waals surface area contributed by atoms with Gasteiger partial charge in [0.25, 0.3) is 0 Å². The number of aromatic nitrogens is 2. The van der Waals surface area contributed by atoms with Crippen molar-refractivity contribution in [3.63, 3.8) is 0 Å². The predicted molar refractivity (Wildman–Crippen MR) is 61.4 cm³/mol. The Balaban J connectivity index is 0.00000128. The molecule has 0 saturated heterocycles. The Hall–Kier alpha value is -1.18. The van der Waals surface area contributed by atoms with Gasteiger partial charge in [-0.05, 0) is 0 Å². The standard InChI is InChI=1S/C13H13N2.Ir/c1-3-7-12-10-15(2)13(14-12)11-8-5-4-6-9-11;/h3-6,8,10H,1,7H2,2H3;/q-1;. The number of rotatable bonds is 3. The average Bonchev–Trinajstić information content (AvgIpc) is 2.61. The third kappa shape index (κ3) is 2.69. The smallest absolute Gasteiger partial charge is 0.0559 e. The van der Waals surface area contributed by atoms with Crippen LogP contribution >= 0.6 is 0 Å². The molecule has 2 nitrogen and oxygen atoms in total. The minimum Gasteiger partial charge on any atom is -0.373 e. The van der Waals surface area contributed by atoms with E-state index in [2.05, 4.69) is 17.6 Å². The Morgan fingerprint density at radius 3 is 2.94 bits per heavy atom. The Bertz CT molecular complexity index is 460. The van der Waals surface area contributed by atoms with Gasteiger partial charge in [-0.2, -0.15) is 0 Å². The maximum Gasteiger partial charge on any atom is 0.0559 e. The number of nitrogens with zero attached hydrogens (tertiary/aromatic N) is 2. The predicted octanol–water partition coefficient (Wildman–Crippen LogP) is 2.61. The van der Waals surface area contributed by atoms with Crippen molar-refractivity contribution in [2.75, 3.05) is 0 Å². The van der Waals surface area contributed by atoms with Crippen molar-refractivity contribution in [3.05, 3.63) is 54.9 Å². The van der Waals surface area contributed by atoms with E-state index in [1.165, 1.54) is 0 Å². The molecule has 0 saturated carbocycles. The molecule has 0 atom stereocenters. The molecule has 2 rings (SSSR count). The minimum absolute atomic E-state index is 0. The van der Waals surface area contributed by atoms with Crippen LogP contribution in [-0.4, -0.2) is 9.55 Å². The summed E-state index contributed by atoms with van der Waals surface area (Å²) in [5, 5.41) is 0.